The maximum Gasteiger partial charge on any atom is 0.336 e. The van der Waals surface area contributed by atoms with Crippen LogP contribution in [0.25, 0.3) is 0 Å². The molecule has 2 unspecified atom stereocenters. The zero-order valence-corrected chi connectivity index (χ0v) is 8.43. The van der Waals surface area contributed by atoms with Crippen molar-refractivity contribution in [1.82, 2.24) is 5.32 Å². The van der Waals surface area contributed by atoms with Crippen molar-refractivity contribution in [3.05, 3.63) is 0 Å². The van der Waals surface area contributed by atoms with Crippen LogP contribution in [-0.4, -0.2) is 45.9 Å². The number of thioether (sulfide) groups is 1. The van der Waals surface area contributed by atoms with Gasteiger partial charge in [0.25, 0.3) is 0 Å². The molecule has 0 radical (unpaired) electrons. The van der Waals surface area contributed by atoms with E-state index in [9.17, 15) is 9.90 Å². The summed E-state index contributed by atoms with van der Waals surface area (Å²) in [6.45, 7) is 1.43. The maximum atomic E-state index is 10.5. The lowest BCUT2D eigenvalue weighted by Gasteiger charge is -2.20. The van der Waals surface area contributed by atoms with E-state index in [1.54, 1.807) is 0 Å². The summed E-state index contributed by atoms with van der Waals surface area (Å²) in [6, 6.07) is 0.357. The Kier molecular flexibility index (Phi) is 3.58. The van der Waals surface area contributed by atoms with Gasteiger partial charge in [0.1, 0.15) is 0 Å². The Labute approximate surface area is 81.7 Å². The minimum absolute atomic E-state index is 0.119. The van der Waals surface area contributed by atoms with E-state index in [-0.39, 0.29) is 6.54 Å². The Morgan fingerprint density at radius 3 is 2.92 bits per heavy atom. The van der Waals surface area contributed by atoms with E-state index in [0.29, 0.717) is 6.04 Å². The van der Waals surface area contributed by atoms with Crippen molar-refractivity contribution in [1.29, 1.82) is 0 Å². The van der Waals surface area contributed by atoms with E-state index >= 15 is 0 Å². The van der Waals surface area contributed by atoms with Gasteiger partial charge < -0.3 is 15.5 Å². The lowest BCUT2D eigenvalue weighted by Crippen LogP contribution is -2.47. The first-order valence-corrected chi connectivity index (χ1v) is 5.45. The molecule has 4 nitrogen and oxygen atoms in total. The topological polar surface area (TPSA) is 69.6 Å². The molecule has 0 saturated carbocycles. The van der Waals surface area contributed by atoms with Gasteiger partial charge in [-0.05, 0) is 19.1 Å². The van der Waals surface area contributed by atoms with E-state index in [1.807, 2.05) is 11.8 Å². The fraction of sp³-hybridized carbons (Fsp3) is 0.875. The fourth-order valence-electron chi connectivity index (χ4n) is 1.11. The third-order valence-electron chi connectivity index (χ3n) is 2.13. The van der Waals surface area contributed by atoms with Crippen LogP contribution in [0, 0.1) is 0 Å². The maximum absolute atomic E-state index is 10.5. The van der Waals surface area contributed by atoms with Gasteiger partial charge in [-0.2, -0.15) is 11.8 Å². The standard InChI is InChI=1S/C8H15NO3S/c1-8(12,7(10)11)5-9-6-2-3-13-4-6/h6,9,12H,2-5H2,1H3,(H,10,11). The number of nitrogens with one attached hydrogen (secondary N) is 1. The number of carboxylic acids is 1. The highest BCUT2D eigenvalue weighted by Crippen LogP contribution is 2.17. The first-order valence-electron chi connectivity index (χ1n) is 4.29. The molecule has 1 rings (SSSR count). The van der Waals surface area contributed by atoms with Gasteiger partial charge in [0.05, 0.1) is 0 Å². The highest BCUT2D eigenvalue weighted by Gasteiger charge is 2.30. The monoisotopic (exact) mass is 205 g/mol. The average molecular weight is 205 g/mol. The lowest BCUT2D eigenvalue weighted by atomic mass is 10.1. The summed E-state index contributed by atoms with van der Waals surface area (Å²) in [6.07, 6.45) is 1.06. The van der Waals surface area contributed by atoms with Crippen molar-refractivity contribution in [2.45, 2.75) is 25.0 Å². The van der Waals surface area contributed by atoms with Gasteiger partial charge in [0.2, 0.25) is 0 Å². The van der Waals surface area contributed by atoms with Crippen LogP contribution >= 0.6 is 11.8 Å². The van der Waals surface area contributed by atoms with Gasteiger partial charge in [-0.1, -0.05) is 0 Å². The molecular weight excluding hydrogens is 190 g/mol. The quantitative estimate of drug-likeness (QED) is 0.599. The van der Waals surface area contributed by atoms with Crippen molar-refractivity contribution >= 4 is 17.7 Å². The Morgan fingerprint density at radius 1 is 1.77 bits per heavy atom. The molecule has 1 aliphatic rings. The van der Waals surface area contributed by atoms with Crippen LogP contribution < -0.4 is 5.32 Å². The van der Waals surface area contributed by atoms with Crippen molar-refractivity contribution in [3.63, 3.8) is 0 Å². The van der Waals surface area contributed by atoms with Crippen molar-refractivity contribution in [2.75, 3.05) is 18.1 Å². The van der Waals surface area contributed by atoms with Crippen molar-refractivity contribution in [2.24, 2.45) is 0 Å². The van der Waals surface area contributed by atoms with E-state index < -0.39 is 11.6 Å². The average Bonchev–Trinajstić information content (AvgIpc) is 2.52. The predicted octanol–water partition coefficient (Wildman–Crippen LogP) is -0.0829. The minimum atomic E-state index is -1.65. The molecule has 3 N–H and O–H groups in total. The predicted molar refractivity (Wildman–Crippen MR) is 52.0 cm³/mol. The zero-order chi connectivity index (χ0) is 9.90. The first-order chi connectivity index (χ1) is 6.02. The summed E-state index contributed by atoms with van der Waals surface area (Å²) in [5, 5.41) is 21.1. The van der Waals surface area contributed by atoms with Gasteiger partial charge in [-0.15, -0.1) is 0 Å². The van der Waals surface area contributed by atoms with Crippen LogP contribution in [0.1, 0.15) is 13.3 Å². The normalized spacial score (nSPS) is 27.1. The van der Waals surface area contributed by atoms with Crippen LogP contribution in [-0.2, 0) is 4.79 Å². The van der Waals surface area contributed by atoms with Crippen LogP contribution in [0.5, 0.6) is 0 Å². The summed E-state index contributed by atoms with van der Waals surface area (Å²) in [4.78, 5) is 10.5. The molecule has 1 aliphatic heterocycles. The Bertz CT molecular complexity index is 190. The Balaban J connectivity index is 2.28. The van der Waals surface area contributed by atoms with E-state index in [4.69, 9.17) is 5.11 Å². The second kappa shape index (κ2) is 4.30. The van der Waals surface area contributed by atoms with E-state index in [2.05, 4.69) is 5.32 Å². The fourth-order valence-corrected chi connectivity index (χ4v) is 2.30. The van der Waals surface area contributed by atoms with Crippen molar-refractivity contribution in [3.8, 4) is 0 Å². The van der Waals surface area contributed by atoms with Crippen LogP contribution in [0.15, 0.2) is 0 Å². The number of hydrogen-bond donors (Lipinski definition) is 3. The molecule has 1 heterocycles. The summed E-state index contributed by atoms with van der Waals surface area (Å²) >= 11 is 1.85. The first kappa shape index (κ1) is 10.8. The summed E-state index contributed by atoms with van der Waals surface area (Å²) in [7, 11) is 0. The van der Waals surface area contributed by atoms with Crippen LogP contribution in [0.2, 0.25) is 0 Å². The summed E-state index contributed by atoms with van der Waals surface area (Å²) in [5.74, 6) is 0.952. The zero-order valence-electron chi connectivity index (χ0n) is 7.62. The summed E-state index contributed by atoms with van der Waals surface area (Å²) in [5.41, 5.74) is -1.65. The van der Waals surface area contributed by atoms with E-state index in [0.717, 1.165) is 17.9 Å². The van der Waals surface area contributed by atoms with Gasteiger partial charge in [-0.25, -0.2) is 4.79 Å². The number of hydrogen-bond acceptors (Lipinski definition) is 4. The van der Waals surface area contributed by atoms with E-state index in [1.165, 1.54) is 6.92 Å². The van der Waals surface area contributed by atoms with Crippen LogP contribution in [0.4, 0.5) is 0 Å². The second-order valence-corrected chi connectivity index (χ2v) is 4.67. The smallest absolute Gasteiger partial charge is 0.336 e. The SMILES string of the molecule is CC(O)(CNC1CCSC1)C(=O)O. The number of carboxylic acid groups (broad SMARTS) is 1. The molecule has 76 valence electrons. The number of carbonyl (C=O) groups is 1. The molecule has 2 atom stereocenters. The van der Waals surface area contributed by atoms with Gasteiger partial charge in [0.15, 0.2) is 5.60 Å². The minimum Gasteiger partial charge on any atom is -0.479 e. The van der Waals surface area contributed by atoms with Gasteiger partial charge in [-0.3, -0.25) is 0 Å². The molecule has 0 aromatic heterocycles. The molecule has 13 heavy (non-hydrogen) atoms. The summed E-state index contributed by atoms with van der Waals surface area (Å²) < 4.78 is 0. The molecule has 0 amide bonds. The molecule has 0 bridgehead atoms. The molecule has 0 aliphatic carbocycles. The molecule has 1 saturated heterocycles. The van der Waals surface area contributed by atoms with Gasteiger partial charge >= 0.3 is 5.97 Å². The lowest BCUT2D eigenvalue weighted by molar-refractivity contribution is -0.156. The third-order valence-corrected chi connectivity index (χ3v) is 3.29. The number of aliphatic hydroxyl groups is 1. The second-order valence-electron chi connectivity index (χ2n) is 3.52. The molecule has 1 fully saturated rings. The molecule has 0 spiro atoms. The molecule has 0 aromatic carbocycles. The number of aliphatic carboxylic acids is 1. The molecular formula is C8H15NO3S. The Morgan fingerprint density at radius 2 is 2.46 bits per heavy atom. The number of rotatable bonds is 4. The molecule has 0 aromatic rings. The van der Waals surface area contributed by atoms with Crippen LogP contribution in [0.3, 0.4) is 0 Å². The largest absolute Gasteiger partial charge is 0.479 e. The van der Waals surface area contributed by atoms with Gasteiger partial charge in [0, 0.05) is 18.3 Å². The highest BCUT2D eigenvalue weighted by atomic mass is 32.2. The van der Waals surface area contributed by atoms with Crippen molar-refractivity contribution < 1.29 is 15.0 Å². The molecule has 5 heteroatoms. The third kappa shape index (κ3) is 3.17. The highest BCUT2D eigenvalue weighted by molar-refractivity contribution is 7.99. The Hall–Kier alpha value is -0.260.